The number of amides is 2. The van der Waals surface area contributed by atoms with Gasteiger partial charge in [0.05, 0.1) is 24.4 Å². The Kier molecular flexibility index (Phi) is 6.25. The Morgan fingerprint density at radius 2 is 1.72 bits per heavy atom. The van der Waals surface area contributed by atoms with Gasteiger partial charge in [-0.2, -0.15) is 4.98 Å². The number of urea groups is 1. The number of nitrogens with one attached hydrogen (secondary N) is 1. The van der Waals surface area contributed by atoms with Crippen LogP contribution < -0.4 is 15.0 Å². The van der Waals surface area contributed by atoms with Gasteiger partial charge >= 0.3 is 6.03 Å². The second-order valence-electron chi connectivity index (χ2n) is 8.44. The summed E-state index contributed by atoms with van der Waals surface area (Å²) in [6.07, 6.45) is 0.909. The van der Waals surface area contributed by atoms with Crippen molar-refractivity contribution in [3.05, 3.63) is 101 Å². The molecule has 7 nitrogen and oxygen atoms in total. The van der Waals surface area contributed by atoms with Gasteiger partial charge in [-0.15, -0.1) is 0 Å². The Bertz CT molecular complexity index is 1410. The van der Waals surface area contributed by atoms with Crippen LogP contribution in [0.3, 0.4) is 0 Å². The smallest absolute Gasteiger partial charge is 0.326 e. The van der Waals surface area contributed by atoms with Gasteiger partial charge in [0.15, 0.2) is 0 Å². The minimum atomic E-state index is -0.510. The molecular formula is C28H25FN4O3. The number of nitrogens with zero attached hydrogens (tertiary/aromatic N) is 3. The van der Waals surface area contributed by atoms with Crippen LogP contribution in [0.4, 0.5) is 14.9 Å². The first-order valence-corrected chi connectivity index (χ1v) is 11.6. The molecule has 182 valence electrons. The number of rotatable bonds is 6. The number of aromatic nitrogens is 2. The molecule has 1 atom stereocenters. The average Bonchev–Trinajstić information content (AvgIpc) is 3.39. The van der Waals surface area contributed by atoms with Crippen molar-refractivity contribution < 1.29 is 18.4 Å². The maximum Gasteiger partial charge on any atom is 0.326 e. The van der Waals surface area contributed by atoms with Crippen molar-refractivity contribution in [2.45, 2.75) is 26.3 Å². The van der Waals surface area contributed by atoms with Crippen LogP contribution in [-0.4, -0.2) is 23.3 Å². The first-order valence-electron chi connectivity index (χ1n) is 11.6. The summed E-state index contributed by atoms with van der Waals surface area (Å²) >= 11 is 0. The summed E-state index contributed by atoms with van der Waals surface area (Å²) in [5.74, 6) is 1.04. The molecule has 0 saturated heterocycles. The molecule has 1 aliphatic rings. The number of allylic oxidation sites excluding steroid dienone is 1. The van der Waals surface area contributed by atoms with Crippen molar-refractivity contribution in [2.75, 3.05) is 12.0 Å². The monoisotopic (exact) mass is 484 g/mol. The molecule has 0 aliphatic carbocycles. The van der Waals surface area contributed by atoms with Crippen molar-refractivity contribution >= 4 is 17.3 Å². The number of halogens is 1. The van der Waals surface area contributed by atoms with Crippen LogP contribution in [-0.2, 0) is 6.42 Å². The number of carbonyl (C=O) groups excluding carboxylic acids is 1. The number of methoxy groups -OCH3 is 1. The minimum absolute atomic E-state index is 0.287. The van der Waals surface area contributed by atoms with Crippen molar-refractivity contribution in [2.24, 2.45) is 0 Å². The van der Waals surface area contributed by atoms with Crippen molar-refractivity contribution in [3.63, 3.8) is 0 Å². The van der Waals surface area contributed by atoms with Crippen LogP contribution in [0.15, 0.2) is 83.0 Å². The standard InChI is InChI=1S/C28H25FN4O3/c1-4-18-5-7-19(8-6-18)25-24(17(2)33(28(34)30-25)22-13-11-21(29)12-14-22)27-31-26(32-36-27)20-9-15-23(35-3)16-10-20/h5-16,25H,4H2,1-3H3,(H,30,34). The largest absolute Gasteiger partial charge is 0.497 e. The molecule has 0 spiro atoms. The molecule has 1 unspecified atom stereocenters. The van der Waals surface area contributed by atoms with Gasteiger partial charge in [-0.05, 0) is 73.0 Å². The van der Waals surface area contributed by atoms with Crippen LogP contribution in [0.5, 0.6) is 5.75 Å². The fourth-order valence-corrected chi connectivity index (χ4v) is 4.31. The fourth-order valence-electron chi connectivity index (χ4n) is 4.31. The predicted molar refractivity (Wildman–Crippen MR) is 135 cm³/mol. The third kappa shape index (κ3) is 4.33. The molecule has 1 aromatic heterocycles. The molecule has 3 aromatic carbocycles. The van der Waals surface area contributed by atoms with Gasteiger partial charge in [0.1, 0.15) is 11.6 Å². The van der Waals surface area contributed by atoms with E-state index in [-0.39, 0.29) is 17.7 Å². The van der Waals surface area contributed by atoms with E-state index < -0.39 is 6.04 Å². The lowest BCUT2D eigenvalue weighted by Gasteiger charge is -2.35. The van der Waals surface area contributed by atoms with E-state index in [9.17, 15) is 9.18 Å². The molecule has 0 bridgehead atoms. The second kappa shape index (κ2) is 9.65. The lowest BCUT2D eigenvalue weighted by Crippen LogP contribution is -2.46. The van der Waals surface area contributed by atoms with Crippen molar-refractivity contribution in [3.8, 4) is 17.1 Å². The first-order chi connectivity index (χ1) is 17.5. The van der Waals surface area contributed by atoms with E-state index in [1.807, 2.05) is 55.5 Å². The van der Waals surface area contributed by atoms with E-state index in [1.165, 1.54) is 22.6 Å². The van der Waals surface area contributed by atoms with E-state index >= 15 is 0 Å². The zero-order valence-corrected chi connectivity index (χ0v) is 20.2. The average molecular weight is 485 g/mol. The van der Waals surface area contributed by atoms with E-state index in [4.69, 9.17) is 9.26 Å². The Morgan fingerprint density at radius 3 is 2.36 bits per heavy atom. The van der Waals surface area contributed by atoms with E-state index in [0.717, 1.165) is 23.3 Å². The summed E-state index contributed by atoms with van der Waals surface area (Å²) in [6, 6.07) is 20.3. The van der Waals surface area contributed by atoms with E-state index in [0.29, 0.717) is 22.8 Å². The summed E-state index contributed by atoms with van der Waals surface area (Å²) in [5.41, 5.74) is 4.64. The zero-order valence-electron chi connectivity index (χ0n) is 20.2. The van der Waals surface area contributed by atoms with Gasteiger partial charge < -0.3 is 14.6 Å². The molecule has 5 rings (SSSR count). The molecule has 0 radical (unpaired) electrons. The molecule has 1 N–H and O–H groups in total. The Morgan fingerprint density at radius 1 is 1.03 bits per heavy atom. The topological polar surface area (TPSA) is 80.5 Å². The van der Waals surface area contributed by atoms with Crippen LogP contribution in [0.2, 0.25) is 0 Å². The Balaban J connectivity index is 1.62. The first kappa shape index (κ1) is 23.3. The van der Waals surface area contributed by atoms with Crippen LogP contribution >= 0.6 is 0 Å². The predicted octanol–water partition coefficient (Wildman–Crippen LogP) is 6.15. The van der Waals surface area contributed by atoms with Crippen molar-refractivity contribution in [1.29, 1.82) is 0 Å². The number of benzene rings is 3. The summed E-state index contributed by atoms with van der Waals surface area (Å²) < 4.78 is 24.5. The molecule has 4 aromatic rings. The molecule has 36 heavy (non-hydrogen) atoms. The highest BCUT2D eigenvalue weighted by molar-refractivity contribution is 6.01. The number of carbonyl (C=O) groups is 1. The Hall–Kier alpha value is -4.46. The molecule has 2 amide bonds. The molecule has 0 saturated carbocycles. The highest BCUT2D eigenvalue weighted by atomic mass is 19.1. The summed E-state index contributed by atoms with van der Waals surface area (Å²) in [4.78, 5) is 19.4. The molecular weight excluding hydrogens is 459 g/mol. The zero-order chi connectivity index (χ0) is 25.2. The minimum Gasteiger partial charge on any atom is -0.497 e. The number of hydrogen-bond acceptors (Lipinski definition) is 5. The fraction of sp³-hybridized carbons (Fsp3) is 0.179. The highest BCUT2D eigenvalue weighted by Crippen LogP contribution is 2.39. The van der Waals surface area contributed by atoms with E-state index in [1.54, 1.807) is 19.2 Å². The molecule has 0 fully saturated rings. The highest BCUT2D eigenvalue weighted by Gasteiger charge is 2.36. The maximum absolute atomic E-state index is 13.6. The molecule has 8 heteroatoms. The van der Waals surface area contributed by atoms with E-state index in [2.05, 4.69) is 22.4 Å². The summed E-state index contributed by atoms with van der Waals surface area (Å²) in [7, 11) is 1.61. The van der Waals surface area contributed by atoms with Gasteiger partial charge in [-0.25, -0.2) is 9.18 Å². The molecule has 1 aliphatic heterocycles. The molecule has 2 heterocycles. The normalized spacial score (nSPS) is 15.7. The van der Waals surface area contributed by atoms with Crippen LogP contribution in [0.25, 0.3) is 17.0 Å². The van der Waals surface area contributed by atoms with Gasteiger partial charge in [0, 0.05) is 11.3 Å². The summed E-state index contributed by atoms with van der Waals surface area (Å²) in [6.45, 7) is 3.91. The van der Waals surface area contributed by atoms with Gasteiger partial charge in [-0.3, -0.25) is 4.90 Å². The SMILES string of the molecule is CCc1ccc(C2NC(=O)N(c3ccc(F)cc3)C(C)=C2c2nc(-c3ccc(OC)cc3)no2)cc1. The number of aryl methyl sites for hydroxylation is 1. The van der Waals surface area contributed by atoms with Gasteiger partial charge in [0.2, 0.25) is 5.82 Å². The lowest BCUT2D eigenvalue weighted by molar-refractivity contribution is 0.244. The van der Waals surface area contributed by atoms with Crippen molar-refractivity contribution in [1.82, 2.24) is 15.5 Å². The maximum atomic E-state index is 13.6. The second-order valence-corrected chi connectivity index (χ2v) is 8.44. The lowest BCUT2D eigenvalue weighted by atomic mass is 9.93. The van der Waals surface area contributed by atoms with Crippen LogP contribution in [0, 0.1) is 5.82 Å². The van der Waals surface area contributed by atoms with Gasteiger partial charge in [-0.1, -0.05) is 36.3 Å². The third-order valence-corrected chi connectivity index (χ3v) is 6.30. The summed E-state index contributed by atoms with van der Waals surface area (Å²) in [5, 5.41) is 7.26. The Labute approximate surface area is 208 Å². The quantitative estimate of drug-likeness (QED) is 0.355. The van der Waals surface area contributed by atoms with Crippen LogP contribution in [0.1, 0.15) is 36.9 Å². The number of hydrogen-bond donors (Lipinski definition) is 1. The third-order valence-electron chi connectivity index (χ3n) is 6.30. The number of anilines is 1. The number of ether oxygens (including phenoxy) is 1. The van der Waals surface area contributed by atoms with Gasteiger partial charge in [0.25, 0.3) is 5.89 Å².